The maximum atomic E-state index is 12.0. The van der Waals surface area contributed by atoms with Gasteiger partial charge in [0, 0.05) is 0 Å². The average Bonchev–Trinajstić information content (AvgIpc) is 2.96. The number of aliphatic hydroxyl groups is 1. The highest BCUT2D eigenvalue weighted by molar-refractivity contribution is 5.91. The Kier molecular flexibility index (Phi) is 3.76. The zero-order valence-corrected chi connectivity index (χ0v) is 15.0. The maximum Gasteiger partial charge on any atom is 0.338 e. The zero-order valence-electron chi connectivity index (χ0n) is 15.0. The van der Waals surface area contributed by atoms with Crippen molar-refractivity contribution in [3.63, 3.8) is 0 Å². The Balaban J connectivity index is 1.71. The first-order valence-electron chi connectivity index (χ1n) is 9.34. The zero-order chi connectivity index (χ0) is 17.1. The summed E-state index contributed by atoms with van der Waals surface area (Å²) in [6.45, 7) is 4.54. The van der Waals surface area contributed by atoms with Crippen LogP contribution in [0.25, 0.3) is 0 Å². The van der Waals surface area contributed by atoms with Crippen LogP contribution in [0.5, 0.6) is 0 Å². The van der Waals surface area contributed by atoms with E-state index in [1.807, 2.05) is 6.07 Å². The molecular formula is C21H28O3. The molecule has 24 heavy (non-hydrogen) atoms. The maximum absolute atomic E-state index is 12.0. The minimum Gasteiger partial charge on any atom is -0.465 e. The van der Waals surface area contributed by atoms with Crippen molar-refractivity contribution < 1.29 is 14.6 Å². The van der Waals surface area contributed by atoms with Gasteiger partial charge in [0.25, 0.3) is 0 Å². The molecule has 0 amide bonds. The van der Waals surface area contributed by atoms with Crippen molar-refractivity contribution in [3.8, 4) is 0 Å². The molecule has 1 aromatic rings. The number of aliphatic hydroxyl groups excluding tert-OH is 1. The largest absolute Gasteiger partial charge is 0.465 e. The first kappa shape index (κ1) is 16.1. The van der Waals surface area contributed by atoms with E-state index in [2.05, 4.69) is 19.9 Å². The predicted molar refractivity (Wildman–Crippen MR) is 93.1 cm³/mol. The number of hydrogen-bond acceptors (Lipinski definition) is 3. The van der Waals surface area contributed by atoms with E-state index in [-0.39, 0.29) is 12.1 Å². The van der Waals surface area contributed by atoms with Crippen LogP contribution in [-0.4, -0.2) is 24.3 Å². The van der Waals surface area contributed by atoms with Crippen molar-refractivity contribution in [1.82, 2.24) is 0 Å². The lowest BCUT2D eigenvalue weighted by atomic mass is 9.52. The van der Waals surface area contributed by atoms with Crippen LogP contribution in [0.1, 0.15) is 72.0 Å². The SMILES string of the molecule is COC(=O)c1ccc2c(c1C)C[C@H]1[C@H]2CC[C@H]2C[C@@H](O)CC[C@@]21C. The van der Waals surface area contributed by atoms with Crippen molar-refractivity contribution in [2.24, 2.45) is 17.3 Å². The van der Waals surface area contributed by atoms with E-state index >= 15 is 0 Å². The van der Waals surface area contributed by atoms with Crippen LogP contribution >= 0.6 is 0 Å². The number of methoxy groups -OCH3 is 1. The summed E-state index contributed by atoms with van der Waals surface area (Å²) < 4.78 is 4.95. The Bertz CT molecular complexity index is 680. The molecule has 0 bridgehead atoms. The van der Waals surface area contributed by atoms with E-state index < -0.39 is 0 Å². The number of benzene rings is 1. The third-order valence-electron chi connectivity index (χ3n) is 7.53. The van der Waals surface area contributed by atoms with E-state index in [0.717, 1.165) is 36.8 Å². The van der Waals surface area contributed by atoms with E-state index in [1.54, 1.807) is 0 Å². The van der Waals surface area contributed by atoms with Crippen molar-refractivity contribution in [2.75, 3.05) is 7.11 Å². The third-order valence-corrected chi connectivity index (χ3v) is 7.53. The van der Waals surface area contributed by atoms with Crippen molar-refractivity contribution in [2.45, 2.75) is 64.4 Å². The van der Waals surface area contributed by atoms with Gasteiger partial charge in [0.05, 0.1) is 18.8 Å². The van der Waals surface area contributed by atoms with Gasteiger partial charge in [-0.05, 0) is 91.4 Å². The number of hydrogen-bond donors (Lipinski definition) is 1. The lowest BCUT2D eigenvalue weighted by Gasteiger charge is -2.53. The highest BCUT2D eigenvalue weighted by Gasteiger charge is 2.53. The molecule has 0 aromatic heterocycles. The lowest BCUT2D eigenvalue weighted by molar-refractivity contribution is -0.0508. The summed E-state index contributed by atoms with van der Waals surface area (Å²) in [5.41, 5.74) is 5.02. The Labute approximate surface area is 144 Å². The summed E-state index contributed by atoms with van der Waals surface area (Å²) in [4.78, 5) is 12.0. The third kappa shape index (κ3) is 2.17. The Morgan fingerprint density at radius 2 is 2.08 bits per heavy atom. The Morgan fingerprint density at radius 3 is 2.83 bits per heavy atom. The molecule has 0 heterocycles. The van der Waals surface area contributed by atoms with E-state index in [0.29, 0.717) is 23.2 Å². The summed E-state index contributed by atoms with van der Waals surface area (Å²) in [5, 5.41) is 10.1. The summed E-state index contributed by atoms with van der Waals surface area (Å²) in [6.07, 6.45) is 6.49. The smallest absolute Gasteiger partial charge is 0.338 e. The molecule has 0 radical (unpaired) electrons. The molecule has 4 rings (SSSR count). The van der Waals surface area contributed by atoms with Crippen LogP contribution in [0.3, 0.4) is 0 Å². The van der Waals surface area contributed by atoms with Crippen LogP contribution < -0.4 is 0 Å². The predicted octanol–water partition coefficient (Wildman–Crippen LogP) is 4.00. The summed E-state index contributed by atoms with van der Waals surface area (Å²) in [6, 6.07) is 4.14. The van der Waals surface area contributed by atoms with Crippen LogP contribution in [-0.2, 0) is 11.2 Å². The van der Waals surface area contributed by atoms with Crippen molar-refractivity contribution >= 4 is 5.97 Å². The molecule has 2 saturated carbocycles. The first-order valence-corrected chi connectivity index (χ1v) is 9.34. The number of carbonyl (C=O) groups is 1. The fourth-order valence-corrected chi connectivity index (χ4v) is 6.07. The molecule has 3 aliphatic rings. The van der Waals surface area contributed by atoms with Gasteiger partial charge in [-0.25, -0.2) is 4.79 Å². The van der Waals surface area contributed by atoms with Gasteiger partial charge < -0.3 is 9.84 Å². The second kappa shape index (κ2) is 5.59. The molecule has 0 unspecified atom stereocenters. The van der Waals surface area contributed by atoms with Crippen LogP contribution in [0.15, 0.2) is 12.1 Å². The highest BCUT2D eigenvalue weighted by atomic mass is 16.5. The van der Waals surface area contributed by atoms with E-state index in [9.17, 15) is 9.90 Å². The number of esters is 1. The fourth-order valence-electron chi connectivity index (χ4n) is 6.07. The molecule has 130 valence electrons. The second-order valence-corrected chi connectivity index (χ2v) is 8.42. The molecule has 1 N–H and O–H groups in total. The monoisotopic (exact) mass is 328 g/mol. The van der Waals surface area contributed by atoms with Gasteiger partial charge in [0.15, 0.2) is 0 Å². The van der Waals surface area contributed by atoms with Gasteiger partial charge in [-0.1, -0.05) is 13.0 Å². The topological polar surface area (TPSA) is 46.5 Å². The van der Waals surface area contributed by atoms with E-state index in [1.165, 1.54) is 31.1 Å². The molecule has 3 heteroatoms. The summed E-state index contributed by atoms with van der Waals surface area (Å²) in [5.74, 6) is 1.71. The highest BCUT2D eigenvalue weighted by Crippen LogP contribution is 2.61. The van der Waals surface area contributed by atoms with Gasteiger partial charge in [-0.15, -0.1) is 0 Å². The van der Waals surface area contributed by atoms with Crippen molar-refractivity contribution in [3.05, 3.63) is 34.4 Å². The molecule has 0 aliphatic heterocycles. The van der Waals surface area contributed by atoms with Crippen LogP contribution in [0, 0.1) is 24.2 Å². The normalized spacial score (nSPS) is 37.3. The Hall–Kier alpha value is -1.35. The minimum absolute atomic E-state index is 0.101. The number of ether oxygens (including phenoxy) is 1. The summed E-state index contributed by atoms with van der Waals surface area (Å²) in [7, 11) is 1.45. The number of fused-ring (bicyclic) bond motifs is 5. The lowest BCUT2D eigenvalue weighted by Crippen LogP contribution is -2.46. The standard InChI is InChI=1S/C21H28O3/c1-12-15(20(23)24-3)6-7-16-17-5-4-13-10-14(22)8-9-21(13,2)19(17)11-18(12)16/h6-7,13-14,17,19,22H,4-5,8-11H2,1-3H3/t13-,14-,17-,19-,21-/m0/s1. The quantitative estimate of drug-likeness (QED) is 0.793. The first-order chi connectivity index (χ1) is 11.5. The molecule has 2 fully saturated rings. The van der Waals surface area contributed by atoms with Gasteiger partial charge in [-0.2, -0.15) is 0 Å². The fraction of sp³-hybridized carbons (Fsp3) is 0.667. The van der Waals surface area contributed by atoms with Gasteiger partial charge in [0.1, 0.15) is 0 Å². The van der Waals surface area contributed by atoms with Crippen LogP contribution in [0.4, 0.5) is 0 Å². The second-order valence-electron chi connectivity index (χ2n) is 8.42. The Morgan fingerprint density at radius 1 is 1.29 bits per heavy atom. The molecule has 0 saturated heterocycles. The van der Waals surface area contributed by atoms with Gasteiger partial charge in [-0.3, -0.25) is 0 Å². The minimum atomic E-state index is -0.227. The van der Waals surface area contributed by atoms with Gasteiger partial charge in [0.2, 0.25) is 0 Å². The summed E-state index contributed by atoms with van der Waals surface area (Å²) >= 11 is 0. The molecule has 1 aromatic carbocycles. The van der Waals surface area contributed by atoms with Gasteiger partial charge >= 0.3 is 5.97 Å². The average molecular weight is 328 g/mol. The number of carbonyl (C=O) groups excluding carboxylic acids is 1. The molecule has 3 nitrogen and oxygen atoms in total. The van der Waals surface area contributed by atoms with E-state index in [4.69, 9.17) is 4.74 Å². The molecule has 3 aliphatic carbocycles. The number of rotatable bonds is 1. The van der Waals surface area contributed by atoms with Crippen molar-refractivity contribution in [1.29, 1.82) is 0 Å². The molecule has 0 spiro atoms. The van der Waals surface area contributed by atoms with Crippen LogP contribution in [0.2, 0.25) is 0 Å². The molecular weight excluding hydrogens is 300 g/mol. The molecule has 5 atom stereocenters.